The first-order chi connectivity index (χ1) is 10.8. The molecule has 23 heavy (non-hydrogen) atoms. The van der Waals surface area contributed by atoms with Gasteiger partial charge in [0.05, 0.1) is 10.6 Å². The zero-order chi connectivity index (χ0) is 17.1. The van der Waals surface area contributed by atoms with Crippen LogP contribution in [0.3, 0.4) is 0 Å². The third-order valence-electron chi connectivity index (χ3n) is 3.43. The second-order valence-electron chi connectivity index (χ2n) is 4.94. The van der Waals surface area contributed by atoms with Crippen LogP contribution in [0.5, 0.6) is 0 Å². The Bertz CT molecular complexity index is 814. The highest BCUT2D eigenvalue weighted by atomic mass is 35.5. The molecule has 0 spiro atoms. The van der Waals surface area contributed by atoms with Crippen molar-refractivity contribution >= 4 is 28.9 Å². The number of anilines is 1. The monoisotopic (exact) mass is 335 g/mol. The number of rotatable bonds is 4. The number of carbonyl (C=O) groups is 1. The molecule has 1 N–H and O–H groups in total. The number of hydrogen-bond donors (Lipinski definition) is 1. The van der Waals surface area contributed by atoms with Crippen LogP contribution in [-0.2, 0) is 4.79 Å². The Morgan fingerprint density at radius 2 is 1.87 bits per heavy atom. The molecular weight excluding hydrogens is 322 g/mol. The minimum absolute atomic E-state index is 0.126. The van der Waals surface area contributed by atoms with Crippen LogP contribution in [0, 0.1) is 17.0 Å². The lowest BCUT2D eigenvalue weighted by molar-refractivity contribution is -0.386. The van der Waals surface area contributed by atoms with Gasteiger partial charge < -0.3 is 5.32 Å². The number of aromatic nitrogens is 1. The molecule has 7 nitrogen and oxygen atoms in total. The smallest absolute Gasteiger partial charge is 0.288 e. The summed E-state index contributed by atoms with van der Waals surface area (Å²) in [6, 6.07) is 7.79. The second-order valence-corrected chi connectivity index (χ2v) is 5.38. The van der Waals surface area contributed by atoms with Crippen LogP contribution in [0.1, 0.15) is 18.7 Å². The average Bonchev–Trinajstić information content (AvgIpc) is 2.49. The van der Waals surface area contributed by atoms with Gasteiger partial charge in [0, 0.05) is 22.8 Å². The molecule has 1 aromatic heterocycles. The van der Waals surface area contributed by atoms with Crippen LogP contribution in [0.25, 0.3) is 0 Å². The maximum atomic E-state index is 12.3. The number of hydrogen-bond acceptors (Lipinski definition) is 4. The van der Waals surface area contributed by atoms with Crippen molar-refractivity contribution < 1.29 is 9.72 Å². The number of pyridine rings is 1. The molecular formula is C15H14ClN3O4. The van der Waals surface area contributed by atoms with Crippen molar-refractivity contribution in [2.24, 2.45) is 0 Å². The van der Waals surface area contributed by atoms with E-state index in [0.29, 0.717) is 10.7 Å². The summed E-state index contributed by atoms with van der Waals surface area (Å²) in [6.45, 7) is 2.94. The second kappa shape index (κ2) is 6.62. The summed E-state index contributed by atoms with van der Waals surface area (Å²) in [7, 11) is 0. The third-order valence-corrected chi connectivity index (χ3v) is 3.68. The quantitative estimate of drug-likeness (QED) is 0.686. The maximum absolute atomic E-state index is 12.3. The SMILES string of the molecule is Cc1c([N+](=O)[O-])ccc(=O)n1C(C)C(=O)Nc1ccc(Cl)cc1. The van der Waals surface area contributed by atoms with E-state index in [2.05, 4.69) is 5.32 Å². The van der Waals surface area contributed by atoms with E-state index in [0.717, 1.165) is 16.7 Å². The number of amides is 1. The number of nitrogens with zero attached hydrogens (tertiary/aromatic N) is 2. The molecule has 120 valence electrons. The number of benzene rings is 1. The van der Waals surface area contributed by atoms with Crippen molar-refractivity contribution in [1.82, 2.24) is 4.57 Å². The topological polar surface area (TPSA) is 94.2 Å². The number of halogens is 1. The average molecular weight is 336 g/mol. The fourth-order valence-electron chi connectivity index (χ4n) is 2.21. The zero-order valence-corrected chi connectivity index (χ0v) is 13.2. The Morgan fingerprint density at radius 1 is 1.26 bits per heavy atom. The lowest BCUT2D eigenvalue weighted by Crippen LogP contribution is -2.33. The van der Waals surface area contributed by atoms with Gasteiger partial charge in [-0.25, -0.2) is 0 Å². The fourth-order valence-corrected chi connectivity index (χ4v) is 2.34. The van der Waals surface area contributed by atoms with Gasteiger partial charge in [-0.15, -0.1) is 0 Å². The third kappa shape index (κ3) is 3.57. The molecule has 1 heterocycles. The number of nitro groups is 1. The Hall–Kier alpha value is -2.67. The molecule has 0 radical (unpaired) electrons. The van der Waals surface area contributed by atoms with E-state index in [9.17, 15) is 19.7 Å². The predicted molar refractivity (Wildman–Crippen MR) is 86.9 cm³/mol. The van der Waals surface area contributed by atoms with Gasteiger partial charge in [-0.05, 0) is 38.1 Å². The molecule has 1 amide bonds. The Morgan fingerprint density at radius 3 is 2.43 bits per heavy atom. The lowest BCUT2D eigenvalue weighted by Gasteiger charge is -2.17. The highest BCUT2D eigenvalue weighted by molar-refractivity contribution is 6.30. The largest absolute Gasteiger partial charge is 0.324 e. The summed E-state index contributed by atoms with van der Waals surface area (Å²) in [5.41, 5.74) is -0.0498. The fraction of sp³-hybridized carbons (Fsp3) is 0.200. The molecule has 2 rings (SSSR count). The van der Waals surface area contributed by atoms with E-state index in [1.165, 1.54) is 13.8 Å². The lowest BCUT2D eigenvalue weighted by atomic mass is 10.2. The first-order valence-electron chi connectivity index (χ1n) is 6.74. The highest BCUT2D eigenvalue weighted by Crippen LogP contribution is 2.20. The van der Waals surface area contributed by atoms with E-state index in [4.69, 9.17) is 11.6 Å². The summed E-state index contributed by atoms with van der Waals surface area (Å²) in [6.07, 6.45) is 0. The molecule has 0 aliphatic heterocycles. The summed E-state index contributed by atoms with van der Waals surface area (Å²) in [5, 5.41) is 14.2. The Balaban J connectivity index is 2.32. The van der Waals surface area contributed by atoms with E-state index >= 15 is 0 Å². The molecule has 0 bridgehead atoms. The van der Waals surface area contributed by atoms with Crippen molar-refractivity contribution in [2.75, 3.05) is 5.32 Å². The first kappa shape index (κ1) is 16.7. The molecule has 0 aliphatic carbocycles. The first-order valence-corrected chi connectivity index (χ1v) is 7.12. The van der Waals surface area contributed by atoms with Gasteiger partial charge in [-0.1, -0.05) is 11.6 Å². The predicted octanol–water partition coefficient (Wildman–Crippen LogP) is 2.92. The van der Waals surface area contributed by atoms with Crippen LogP contribution in [0.15, 0.2) is 41.2 Å². The van der Waals surface area contributed by atoms with Gasteiger partial charge in [0.15, 0.2) is 0 Å². The van der Waals surface area contributed by atoms with Crippen LogP contribution < -0.4 is 10.9 Å². The van der Waals surface area contributed by atoms with Crippen LogP contribution in [-0.4, -0.2) is 15.4 Å². The molecule has 0 saturated carbocycles. The summed E-state index contributed by atoms with van der Waals surface area (Å²) < 4.78 is 1.10. The van der Waals surface area contributed by atoms with E-state index in [1.807, 2.05) is 0 Å². The summed E-state index contributed by atoms with van der Waals surface area (Å²) >= 11 is 5.77. The number of nitrogens with one attached hydrogen (secondary N) is 1. The van der Waals surface area contributed by atoms with Crippen molar-refractivity contribution in [3.05, 3.63) is 67.6 Å². The minimum Gasteiger partial charge on any atom is -0.324 e. The van der Waals surface area contributed by atoms with Crippen molar-refractivity contribution in [1.29, 1.82) is 0 Å². The van der Waals surface area contributed by atoms with Crippen LogP contribution in [0.2, 0.25) is 5.02 Å². The standard InChI is InChI=1S/C15H14ClN3O4/c1-9-13(19(22)23)7-8-14(20)18(9)10(2)15(21)17-12-5-3-11(16)4-6-12/h3-8,10H,1-2H3,(H,17,21). The van der Waals surface area contributed by atoms with E-state index in [1.54, 1.807) is 24.3 Å². The summed E-state index contributed by atoms with van der Waals surface area (Å²) in [5.74, 6) is -0.460. The Kier molecular flexibility index (Phi) is 4.80. The minimum atomic E-state index is -0.905. The van der Waals surface area contributed by atoms with Crippen LogP contribution >= 0.6 is 11.6 Å². The molecule has 8 heteroatoms. The van der Waals surface area contributed by atoms with Crippen molar-refractivity contribution in [2.45, 2.75) is 19.9 Å². The normalized spacial score (nSPS) is 11.8. The molecule has 1 unspecified atom stereocenters. The maximum Gasteiger partial charge on any atom is 0.288 e. The molecule has 0 fully saturated rings. The van der Waals surface area contributed by atoms with Crippen LogP contribution in [0.4, 0.5) is 11.4 Å². The number of carbonyl (C=O) groups excluding carboxylic acids is 1. The van der Waals surface area contributed by atoms with Gasteiger partial charge in [-0.2, -0.15) is 0 Å². The Labute approximate surface area is 136 Å². The van der Waals surface area contributed by atoms with Gasteiger partial charge in [0.2, 0.25) is 5.91 Å². The zero-order valence-electron chi connectivity index (χ0n) is 12.4. The van der Waals surface area contributed by atoms with Crippen molar-refractivity contribution in [3.8, 4) is 0 Å². The van der Waals surface area contributed by atoms with Crippen molar-refractivity contribution in [3.63, 3.8) is 0 Å². The molecule has 0 aliphatic rings. The van der Waals surface area contributed by atoms with Gasteiger partial charge in [0.25, 0.3) is 11.2 Å². The highest BCUT2D eigenvalue weighted by Gasteiger charge is 2.23. The molecule has 2 aromatic rings. The molecule has 1 atom stereocenters. The van der Waals surface area contributed by atoms with E-state index in [-0.39, 0.29) is 11.4 Å². The van der Waals surface area contributed by atoms with E-state index < -0.39 is 22.4 Å². The van der Waals surface area contributed by atoms with Gasteiger partial charge in [0.1, 0.15) is 6.04 Å². The van der Waals surface area contributed by atoms with Gasteiger partial charge >= 0.3 is 0 Å². The van der Waals surface area contributed by atoms with Gasteiger partial charge in [-0.3, -0.25) is 24.3 Å². The summed E-state index contributed by atoms with van der Waals surface area (Å²) in [4.78, 5) is 34.7. The molecule has 1 aromatic carbocycles. The molecule has 0 saturated heterocycles.